The molecule has 4 aromatic carbocycles. The molecule has 41 heavy (non-hydrogen) atoms. The number of aromatic nitrogens is 1. The Morgan fingerprint density at radius 2 is 1.76 bits per heavy atom. The zero-order chi connectivity index (χ0) is 28.8. The Balaban J connectivity index is 1.16. The molecule has 0 spiro atoms. The summed E-state index contributed by atoms with van der Waals surface area (Å²) < 4.78 is 19.1. The van der Waals surface area contributed by atoms with Crippen LogP contribution in [0.15, 0.2) is 95.4 Å². The van der Waals surface area contributed by atoms with Gasteiger partial charge in [0.1, 0.15) is 12.4 Å². The van der Waals surface area contributed by atoms with Crippen LogP contribution >= 0.6 is 34.5 Å². The summed E-state index contributed by atoms with van der Waals surface area (Å²) in [7, 11) is 0. The average Bonchev–Trinajstić information content (AvgIpc) is 3.42. The van der Waals surface area contributed by atoms with Crippen LogP contribution in [0.1, 0.15) is 27.0 Å². The van der Waals surface area contributed by atoms with Gasteiger partial charge < -0.3 is 10.1 Å². The Labute approximate surface area is 250 Å². The summed E-state index contributed by atoms with van der Waals surface area (Å²) in [6.45, 7) is 2.15. The summed E-state index contributed by atoms with van der Waals surface area (Å²) in [4.78, 5) is 17.2. The van der Waals surface area contributed by atoms with Gasteiger partial charge >= 0.3 is 0 Å². The van der Waals surface area contributed by atoms with E-state index < -0.39 is 0 Å². The first-order valence-electron chi connectivity index (χ1n) is 12.4. The van der Waals surface area contributed by atoms with E-state index in [1.54, 1.807) is 36.4 Å². The zero-order valence-corrected chi connectivity index (χ0v) is 24.0. The third-order valence-electron chi connectivity index (χ3n) is 5.92. The van der Waals surface area contributed by atoms with Crippen molar-refractivity contribution in [3.05, 3.63) is 128 Å². The minimum atomic E-state index is -0.375. The van der Waals surface area contributed by atoms with Gasteiger partial charge in [-0.05, 0) is 66.6 Å². The summed E-state index contributed by atoms with van der Waals surface area (Å²) in [5, 5.41) is 10.6. The van der Waals surface area contributed by atoms with Crippen molar-refractivity contribution in [2.45, 2.75) is 13.5 Å². The molecule has 1 amide bonds. The summed E-state index contributed by atoms with van der Waals surface area (Å²) in [5.74, 6) is -0.454. The van der Waals surface area contributed by atoms with Crippen LogP contribution in [0.2, 0.25) is 10.0 Å². The molecule has 0 aliphatic carbocycles. The monoisotopic (exact) mass is 604 g/mol. The van der Waals surface area contributed by atoms with Gasteiger partial charge in [-0.25, -0.2) is 14.8 Å². The maximum Gasteiger partial charge on any atom is 0.271 e. The standard InChI is InChI=1S/C31H23Cl2FN4O2S/c1-19-5-11-25(12-6-19)36-31-37-28(18-41-31)22-7-9-23(10-8-22)30(39)38-35-16-21-14-26(32)29(27(33)15-21)40-17-20-3-2-4-24(34)13-20/h2-16,18H,17H2,1H3,(H,36,37)(H,38,39)/b35-16-. The van der Waals surface area contributed by atoms with E-state index in [-0.39, 0.29) is 34.1 Å². The second-order valence-corrected chi connectivity index (χ2v) is 10.7. The van der Waals surface area contributed by atoms with Crippen molar-refractivity contribution in [2.24, 2.45) is 5.10 Å². The van der Waals surface area contributed by atoms with E-state index in [4.69, 9.17) is 27.9 Å². The Morgan fingerprint density at radius 3 is 2.46 bits per heavy atom. The highest BCUT2D eigenvalue weighted by Gasteiger charge is 2.11. The number of halogens is 3. The number of hydrazone groups is 1. The van der Waals surface area contributed by atoms with E-state index in [1.807, 2.05) is 48.7 Å². The quantitative estimate of drug-likeness (QED) is 0.130. The first kappa shape index (κ1) is 28.3. The van der Waals surface area contributed by atoms with Gasteiger partial charge in [0.25, 0.3) is 5.91 Å². The highest BCUT2D eigenvalue weighted by molar-refractivity contribution is 7.14. The lowest BCUT2D eigenvalue weighted by atomic mass is 10.1. The van der Waals surface area contributed by atoms with Crippen molar-refractivity contribution in [1.82, 2.24) is 10.4 Å². The Hall–Kier alpha value is -4.24. The molecule has 0 aliphatic heterocycles. The Bertz CT molecular complexity index is 1680. The molecule has 10 heteroatoms. The molecule has 1 aromatic heterocycles. The third-order valence-corrected chi connectivity index (χ3v) is 7.24. The molecule has 0 saturated heterocycles. The molecule has 5 rings (SSSR count). The second kappa shape index (κ2) is 13.0. The van der Waals surface area contributed by atoms with Gasteiger partial charge in [0.15, 0.2) is 10.9 Å². The number of carbonyl (C=O) groups is 1. The molecular weight excluding hydrogens is 582 g/mol. The number of thiazole rings is 1. The Kier molecular flexibility index (Phi) is 8.94. The molecule has 0 atom stereocenters. The molecule has 0 aliphatic rings. The van der Waals surface area contributed by atoms with E-state index in [2.05, 4.69) is 20.8 Å². The fraction of sp³-hybridized carbons (Fsp3) is 0.0645. The van der Waals surface area contributed by atoms with E-state index in [0.29, 0.717) is 16.7 Å². The van der Waals surface area contributed by atoms with Crippen LogP contribution in [0.25, 0.3) is 11.3 Å². The lowest BCUT2D eigenvalue weighted by molar-refractivity contribution is 0.0955. The number of nitrogens with one attached hydrogen (secondary N) is 2. The first-order chi connectivity index (χ1) is 19.8. The number of ether oxygens (including phenoxy) is 1. The highest BCUT2D eigenvalue weighted by Crippen LogP contribution is 2.34. The summed E-state index contributed by atoms with van der Waals surface area (Å²) >= 11 is 14.2. The summed E-state index contributed by atoms with van der Waals surface area (Å²) in [5.41, 5.74) is 8.02. The van der Waals surface area contributed by atoms with Crippen LogP contribution in [0.4, 0.5) is 15.2 Å². The van der Waals surface area contributed by atoms with E-state index in [1.165, 1.54) is 35.2 Å². The van der Waals surface area contributed by atoms with Gasteiger partial charge in [-0.1, -0.05) is 65.2 Å². The number of benzene rings is 4. The fourth-order valence-electron chi connectivity index (χ4n) is 3.82. The third kappa shape index (κ3) is 7.49. The minimum absolute atomic E-state index is 0.105. The molecule has 0 saturated carbocycles. The highest BCUT2D eigenvalue weighted by atomic mass is 35.5. The smallest absolute Gasteiger partial charge is 0.271 e. The number of nitrogens with zero attached hydrogens (tertiary/aromatic N) is 2. The van der Waals surface area contributed by atoms with Gasteiger partial charge in [-0.15, -0.1) is 11.3 Å². The predicted molar refractivity (Wildman–Crippen MR) is 164 cm³/mol. The van der Waals surface area contributed by atoms with Gasteiger partial charge in [0.05, 0.1) is 22.0 Å². The topological polar surface area (TPSA) is 75.6 Å². The first-order valence-corrected chi connectivity index (χ1v) is 14.1. The molecule has 206 valence electrons. The van der Waals surface area contributed by atoms with Gasteiger partial charge in [0, 0.05) is 22.2 Å². The molecule has 0 radical (unpaired) electrons. The minimum Gasteiger partial charge on any atom is -0.486 e. The number of hydrogen-bond donors (Lipinski definition) is 2. The van der Waals surface area contributed by atoms with E-state index in [9.17, 15) is 9.18 Å². The maximum absolute atomic E-state index is 13.4. The number of carbonyl (C=O) groups excluding carboxylic acids is 1. The summed E-state index contributed by atoms with van der Waals surface area (Å²) in [6.07, 6.45) is 1.43. The van der Waals surface area contributed by atoms with Crippen LogP contribution in [-0.4, -0.2) is 17.1 Å². The lowest BCUT2D eigenvalue weighted by Crippen LogP contribution is -2.17. The van der Waals surface area contributed by atoms with Gasteiger partial charge in [-0.3, -0.25) is 4.79 Å². The Morgan fingerprint density at radius 1 is 1.02 bits per heavy atom. The van der Waals surface area contributed by atoms with Crippen molar-refractivity contribution in [2.75, 3.05) is 5.32 Å². The molecule has 0 bridgehead atoms. The molecule has 5 aromatic rings. The zero-order valence-electron chi connectivity index (χ0n) is 21.7. The van der Waals surface area contributed by atoms with Crippen molar-refractivity contribution >= 4 is 57.5 Å². The normalized spacial score (nSPS) is 11.0. The second-order valence-electron chi connectivity index (χ2n) is 9.04. The largest absolute Gasteiger partial charge is 0.486 e. The van der Waals surface area contributed by atoms with Crippen LogP contribution in [0.3, 0.4) is 0 Å². The number of aryl methyl sites for hydroxylation is 1. The number of rotatable bonds is 9. The summed E-state index contributed by atoms with van der Waals surface area (Å²) in [6, 6.07) is 24.5. The fourth-order valence-corrected chi connectivity index (χ4v) is 5.17. The molecule has 1 heterocycles. The van der Waals surface area contributed by atoms with Gasteiger partial charge in [-0.2, -0.15) is 5.10 Å². The molecule has 6 nitrogen and oxygen atoms in total. The van der Waals surface area contributed by atoms with Crippen molar-refractivity contribution in [1.29, 1.82) is 0 Å². The van der Waals surface area contributed by atoms with E-state index in [0.717, 1.165) is 22.1 Å². The van der Waals surface area contributed by atoms with Gasteiger partial charge in [0.2, 0.25) is 0 Å². The van der Waals surface area contributed by atoms with Crippen LogP contribution < -0.4 is 15.5 Å². The van der Waals surface area contributed by atoms with Crippen LogP contribution in [0, 0.1) is 12.7 Å². The van der Waals surface area contributed by atoms with Crippen molar-refractivity contribution in [3.63, 3.8) is 0 Å². The van der Waals surface area contributed by atoms with Crippen molar-refractivity contribution < 1.29 is 13.9 Å². The van der Waals surface area contributed by atoms with Crippen LogP contribution in [0.5, 0.6) is 5.75 Å². The molecule has 2 N–H and O–H groups in total. The molecule has 0 unspecified atom stereocenters. The number of hydrogen-bond acceptors (Lipinski definition) is 6. The van der Waals surface area contributed by atoms with Crippen molar-refractivity contribution in [3.8, 4) is 17.0 Å². The molecular formula is C31H23Cl2FN4O2S. The predicted octanol–water partition coefficient (Wildman–Crippen LogP) is 8.65. The average molecular weight is 606 g/mol. The maximum atomic E-state index is 13.4. The van der Waals surface area contributed by atoms with Crippen LogP contribution in [-0.2, 0) is 6.61 Å². The number of anilines is 2. The number of amides is 1. The van der Waals surface area contributed by atoms with E-state index >= 15 is 0 Å². The lowest BCUT2D eigenvalue weighted by Gasteiger charge is -2.11. The SMILES string of the molecule is Cc1ccc(Nc2nc(-c3ccc(C(=O)N/N=C\c4cc(Cl)c(OCc5cccc(F)c5)c(Cl)c4)cc3)cs2)cc1. The molecule has 0 fully saturated rings.